The predicted molar refractivity (Wildman–Crippen MR) is 114 cm³/mol. The van der Waals surface area contributed by atoms with Gasteiger partial charge in [-0.15, -0.1) is 0 Å². The number of halogens is 1. The van der Waals surface area contributed by atoms with Crippen molar-refractivity contribution in [1.29, 1.82) is 0 Å². The molecule has 0 heterocycles. The van der Waals surface area contributed by atoms with E-state index in [9.17, 15) is 14.0 Å². The normalized spacial score (nSPS) is 10.7. The van der Waals surface area contributed by atoms with Gasteiger partial charge < -0.3 is 9.47 Å². The molecular formula is C24H37FO4. The van der Waals surface area contributed by atoms with Gasteiger partial charge in [-0.1, -0.05) is 78.1 Å². The van der Waals surface area contributed by atoms with Gasteiger partial charge in [-0.3, -0.25) is 4.79 Å². The van der Waals surface area contributed by atoms with Gasteiger partial charge >= 0.3 is 11.9 Å². The van der Waals surface area contributed by atoms with Gasteiger partial charge in [0.25, 0.3) is 0 Å². The molecule has 1 aromatic rings. The van der Waals surface area contributed by atoms with Crippen molar-refractivity contribution in [2.24, 2.45) is 0 Å². The molecule has 0 N–H and O–H groups in total. The maximum absolute atomic E-state index is 14.2. The topological polar surface area (TPSA) is 52.6 Å². The lowest BCUT2D eigenvalue weighted by Gasteiger charge is -2.08. The second-order valence-electron chi connectivity index (χ2n) is 7.54. The lowest BCUT2D eigenvalue weighted by Crippen LogP contribution is -2.11. The van der Waals surface area contributed by atoms with Crippen LogP contribution < -0.4 is 4.74 Å². The van der Waals surface area contributed by atoms with Crippen molar-refractivity contribution in [3.05, 3.63) is 29.6 Å². The van der Waals surface area contributed by atoms with E-state index in [1.54, 1.807) is 0 Å². The van der Waals surface area contributed by atoms with E-state index >= 15 is 0 Å². The molecule has 0 saturated heterocycles. The van der Waals surface area contributed by atoms with E-state index in [0.717, 1.165) is 51.0 Å². The average molecular weight is 409 g/mol. The first-order valence-electron chi connectivity index (χ1n) is 11.3. The molecule has 1 rings (SSSR count). The molecule has 5 heteroatoms. The van der Waals surface area contributed by atoms with E-state index in [1.807, 2.05) is 0 Å². The second kappa shape index (κ2) is 15.9. The molecule has 0 bridgehead atoms. The molecule has 0 amide bonds. The highest BCUT2D eigenvalue weighted by Gasteiger charge is 2.15. The molecule has 0 atom stereocenters. The number of rotatable bonds is 16. The Labute approximate surface area is 175 Å². The summed E-state index contributed by atoms with van der Waals surface area (Å²) in [5.74, 6) is -1.67. The van der Waals surface area contributed by atoms with Crippen LogP contribution in [-0.2, 0) is 9.53 Å². The van der Waals surface area contributed by atoms with Crippen LogP contribution >= 0.6 is 0 Å². The number of benzene rings is 1. The number of esters is 2. The third-order valence-corrected chi connectivity index (χ3v) is 4.86. The average Bonchev–Trinajstić information content (AvgIpc) is 2.70. The van der Waals surface area contributed by atoms with Gasteiger partial charge in [-0.2, -0.15) is 0 Å². The minimum Gasteiger partial charge on any atom is -0.462 e. The Hall–Kier alpha value is -1.91. The fourth-order valence-electron chi connectivity index (χ4n) is 3.08. The molecule has 1 aromatic carbocycles. The number of carbonyl (C=O) groups is 2. The summed E-state index contributed by atoms with van der Waals surface area (Å²) < 4.78 is 24.5. The molecule has 0 aliphatic rings. The molecule has 29 heavy (non-hydrogen) atoms. The standard InChI is InChI=1S/C24H37FO4/c1-3-5-7-9-10-11-13-15-23(26)29-20-16-17-21(22(25)19-20)24(27)28-18-14-12-8-6-4-2/h16-17,19H,3-15,18H2,1-2H3. The van der Waals surface area contributed by atoms with Crippen molar-refractivity contribution in [2.45, 2.75) is 97.3 Å². The van der Waals surface area contributed by atoms with Crippen LogP contribution in [0.3, 0.4) is 0 Å². The third kappa shape index (κ3) is 11.6. The molecule has 0 aliphatic carbocycles. The van der Waals surface area contributed by atoms with Crippen molar-refractivity contribution >= 4 is 11.9 Å². The Bertz CT molecular complexity index is 601. The SMILES string of the molecule is CCCCCCCCCC(=O)Oc1ccc(C(=O)OCCCCCCC)c(F)c1. The zero-order chi connectivity index (χ0) is 21.3. The van der Waals surface area contributed by atoms with Gasteiger partial charge in [0.05, 0.1) is 12.2 Å². The summed E-state index contributed by atoms with van der Waals surface area (Å²) in [5.41, 5.74) is -0.134. The van der Waals surface area contributed by atoms with Crippen LogP contribution in [0.25, 0.3) is 0 Å². The Morgan fingerprint density at radius 2 is 1.41 bits per heavy atom. The van der Waals surface area contributed by atoms with Gasteiger partial charge in [-0.05, 0) is 25.0 Å². The summed E-state index contributed by atoms with van der Waals surface area (Å²) in [6, 6.07) is 3.81. The van der Waals surface area contributed by atoms with Crippen LogP contribution in [0.1, 0.15) is 108 Å². The van der Waals surface area contributed by atoms with Gasteiger partial charge in [-0.25, -0.2) is 9.18 Å². The maximum Gasteiger partial charge on any atom is 0.341 e. The van der Waals surface area contributed by atoms with E-state index in [0.29, 0.717) is 6.42 Å². The molecule has 0 aromatic heterocycles. The van der Waals surface area contributed by atoms with Crippen LogP contribution in [0.15, 0.2) is 18.2 Å². The first kappa shape index (κ1) is 25.1. The first-order chi connectivity index (χ1) is 14.1. The fraction of sp³-hybridized carbons (Fsp3) is 0.667. The van der Waals surface area contributed by atoms with E-state index in [1.165, 1.54) is 44.2 Å². The largest absolute Gasteiger partial charge is 0.462 e. The highest BCUT2D eigenvalue weighted by atomic mass is 19.1. The maximum atomic E-state index is 14.2. The summed E-state index contributed by atoms with van der Waals surface area (Å²) in [6.07, 6.45) is 13.3. The van der Waals surface area contributed by atoms with Crippen LogP contribution in [0.5, 0.6) is 5.75 Å². The summed E-state index contributed by atoms with van der Waals surface area (Å²) in [7, 11) is 0. The van der Waals surface area contributed by atoms with Gasteiger partial charge in [0, 0.05) is 12.5 Å². The van der Waals surface area contributed by atoms with Crippen LogP contribution in [-0.4, -0.2) is 18.5 Å². The molecule has 164 valence electrons. The molecular weight excluding hydrogens is 371 g/mol. The van der Waals surface area contributed by atoms with Crippen LogP contribution in [0.4, 0.5) is 4.39 Å². The first-order valence-corrected chi connectivity index (χ1v) is 11.3. The quantitative estimate of drug-likeness (QED) is 0.168. The van der Waals surface area contributed by atoms with Gasteiger partial charge in [0.2, 0.25) is 0 Å². The molecule has 0 fully saturated rings. The van der Waals surface area contributed by atoms with Crippen molar-refractivity contribution in [1.82, 2.24) is 0 Å². The summed E-state index contributed by atoms with van der Waals surface area (Å²) in [4.78, 5) is 23.9. The van der Waals surface area contributed by atoms with Crippen molar-refractivity contribution in [3.8, 4) is 5.75 Å². The number of hydrogen-bond acceptors (Lipinski definition) is 4. The fourth-order valence-corrected chi connectivity index (χ4v) is 3.08. The molecule has 0 unspecified atom stereocenters. The number of carbonyl (C=O) groups excluding carboxylic acids is 2. The number of ether oxygens (including phenoxy) is 2. The Kier molecular flexibility index (Phi) is 13.8. The van der Waals surface area contributed by atoms with Crippen molar-refractivity contribution in [3.63, 3.8) is 0 Å². The molecule has 0 saturated carbocycles. The Morgan fingerprint density at radius 1 is 0.828 bits per heavy atom. The summed E-state index contributed by atoms with van der Waals surface area (Å²) >= 11 is 0. The van der Waals surface area contributed by atoms with Crippen molar-refractivity contribution < 1.29 is 23.5 Å². The molecule has 0 spiro atoms. The number of unbranched alkanes of at least 4 members (excludes halogenated alkanes) is 10. The Balaban J connectivity index is 2.30. The van der Waals surface area contributed by atoms with Crippen molar-refractivity contribution in [2.75, 3.05) is 6.61 Å². The van der Waals surface area contributed by atoms with Gasteiger partial charge in [0.1, 0.15) is 11.6 Å². The summed E-state index contributed by atoms with van der Waals surface area (Å²) in [5, 5.41) is 0. The zero-order valence-electron chi connectivity index (χ0n) is 18.1. The van der Waals surface area contributed by atoms with E-state index < -0.39 is 11.8 Å². The lowest BCUT2D eigenvalue weighted by atomic mass is 10.1. The Morgan fingerprint density at radius 3 is 2.03 bits per heavy atom. The zero-order valence-corrected chi connectivity index (χ0v) is 18.1. The highest BCUT2D eigenvalue weighted by Crippen LogP contribution is 2.19. The second-order valence-corrected chi connectivity index (χ2v) is 7.54. The molecule has 4 nitrogen and oxygen atoms in total. The van der Waals surface area contributed by atoms with E-state index in [4.69, 9.17) is 9.47 Å². The smallest absolute Gasteiger partial charge is 0.341 e. The van der Waals surface area contributed by atoms with E-state index in [-0.39, 0.29) is 23.9 Å². The molecule has 0 radical (unpaired) electrons. The number of hydrogen-bond donors (Lipinski definition) is 0. The van der Waals surface area contributed by atoms with Crippen LogP contribution in [0.2, 0.25) is 0 Å². The van der Waals surface area contributed by atoms with Crippen LogP contribution in [0, 0.1) is 5.82 Å². The minimum atomic E-state index is -0.734. The molecule has 0 aliphatic heterocycles. The third-order valence-electron chi connectivity index (χ3n) is 4.86. The van der Waals surface area contributed by atoms with Gasteiger partial charge in [0.15, 0.2) is 0 Å². The lowest BCUT2D eigenvalue weighted by molar-refractivity contribution is -0.134. The summed E-state index contributed by atoms with van der Waals surface area (Å²) in [6.45, 7) is 4.61. The van der Waals surface area contributed by atoms with E-state index in [2.05, 4.69) is 13.8 Å². The minimum absolute atomic E-state index is 0.117. The highest BCUT2D eigenvalue weighted by molar-refractivity contribution is 5.90. The predicted octanol–water partition coefficient (Wildman–Crippen LogP) is 7.00. The monoisotopic (exact) mass is 408 g/mol.